The number of terminal acetylenes is 1. The molecule has 0 saturated carbocycles. The molecule has 3 aromatic rings. The summed E-state index contributed by atoms with van der Waals surface area (Å²) in [6, 6.07) is 20.3. The first-order chi connectivity index (χ1) is 17.5. The molecule has 1 amide bonds. The average Bonchev–Trinajstić information content (AvgIpc) is 2.90. The Balaban J connectivity index is 1.70. The van der Waals surface area contributed by atoms with Gasteiger partial charge < -0.3 is 25.3 Å². The van der Waals surface area contributed by atoms with Crippen LogP contribution in [0.3, 0.4) is 0 Å². The largest absolute Gasteiger partial charge is 0.496 e. The predicted molar refractivity (Wildman–Crippen MR) is 143 cm³/mol. The van der Waals surface area contributed by atoms with Crippen LogP contribution in [-0.2, 0) is 17.9 Å². The molecule has 0 aliphatic rings. The lowest BCUT2D eigenvalue weighted by molar-refractivity contribution is -0.121. The predicted octanol–water partition coefficient (Wildman–Crippen LogP) is 4.86. The number of carbonyl (C=O) groups is 1. The summed E-state index contributed by atoms with van der Waals surface area (Å²) in [4.78, 5) is 11.5. The number of methoxy groups -OCH3 is 2. The maximum atomic E-state index is 11.5. The normalized spacial score (nSPS) is 11.4. The van der Waals surface area contributed by atoms with E-state index >= 15 is 0 Å². The molecule has 3 rings (SSSR count). The number of hydrogen-bond acceptors (Lipinski definition) is 5. The fourth-order valence-electron chi connectivity index (χ4n) is 4.13. The molecule has 1 unspecified atom stereocenters. The number of nitrogens with two attached hydrogens (primary N) is 1. The van der Waals surface area contributed by atoms with Gasteiger partial charge in [0.25, 0.3) is 0 Å². The summed E-state index contributed by atoms with van der Waals surface area (Å²) in [6.07, 6.45) is 6.23. The van der Waals surface area contributed by atoms with E-state index in [0.29, 0.717) is 49.8 Å². The second kappa shape index (κ2) is 13.2. The van der Waals surface area contributed by atoms with Crippen molar-refractivity contribution in [2.24, 2.45) is 11.7 Å². The van der Waals surface area contributed by atoms with Gasteiger partial charge in [0, 0.05) is 31.0 Å². The number of primary amides is 1. The van der Waals surface area contributed by atoms with Gasteiger partial charge in [0.1, 0.15) is 23.9 Å². The number of nitrogens with one attached hydrogen (secondary N) is 1. The van der Waals surface area contributed by atoms with Crippen molar-refractivity contribution in [1.29, 1.82) is 0 Å². The van der Waals surface area contributed by atoms with Crippen LogP contribution in [0.5, 0.6) is 17.2 Å². The van der Waals surface area contributed by atoms with Crippen LogP contribution >= 0.6 is 0 Å². The SMILES string of the molecule is C#CCC(CCNCc1c(OC)cc(OCc2cccc(-c3ccccc3)c2C)cc1OC)C(N)=O. The molecule has 36 heavy (non-hydrogen) atoms. The Kier molecular flexibility index (Phi) is 9.79. The summed E-state index contributed by atoms with van der Waals surface area (Å²) >= 11 is 0. The monoisotopic (exact) mass is 486 g/mol. The Hall–Kier alpha value is -3.95. The van der Waals surface area contributed by atoms with Gasteiger partial charge in [-0.15, -0.1) is 12.3 Å². The zero-order valence-corrected chi connectivity index (χ0v) is 21.2. The van der Waals surface area contributed by atoms with Crippen LogP contribution in [0.15, 0.2) is 60.7 Å². The molecule has 3 N–H and O–H groups in total. The van der Waals surface area contributed by atoms with E-state index in [2.05, 4.69) is 48.5 Å². The molecule has 6 heteroatoms. The number of benzene rings is 3. The number of carbonyl (C=O) groups excluding carboxylic acids is 1. The van der Waals surface area contributed by atoms with E-state index in [1.807, 2.05) is 30.3 Å². The summed E-state index contributed by atoms with van der Waals surface area (Å²) < 4.78 is 17.4. The van der Waals surface area contributed by atoms with Crippen LogP contribution in [0, 0.1) is 25.2 Å². The highest BCUT2D eigenvalue weighted by atomic mass is 16.5. The number of hydrogen-bond donors (Lipinski definition) is 2. The first-order valence-electron chi connectivity index (χ1n) is 11.9. The van der Waals surface area contributed by atoms with Crippen LogP contribution in [0.1, 0.15) is 29.5 Å². The van der Waals surface area contributed by atoms with Gasteiger partial charge in [0.05, 0.1) is 19.8 Å². The highest BCUT2D eigenvalue weighted by Crippen LogP contribution is 2.35. The van der Waals surface area contributed by atoms with E-state index in [0.717, 1.165) is 11.1 Å². The maximum absolute atomic E-state index is 11.5. The molecule has 0 heterocycles. The van der Waals surface area contributed by atoms with E-state index in [-0.39, 0.29) is 11.8 Å². The van der Waals surface area contributed by atoms with Gasteiger partial charge in [0.2, 0.25) is 5.91 Å². The standard InChI is InChI=1S/C30H34N2O4/c1-5-10-23(30(31)33)15-16-32-19-27-28(34-3)17-25(18-29(27)35-4)36-20-24-13-9-14-26(21(24)2)22-11-7-6-8-12-22/h1,6-9,11-14,17-18,23,32H,10,15-16,19-20H2,2-4H3,(H2,31,33). The van der Waals surface area contributed by atoms with Crippen molar-refractivity contribution in [2.75, 3.05) is 20.8 Å². The molecule has 0 aromatic heterocycles. The van der Waals surface area contributed by atoms with E-state index in [9.17, 15) is 4.79 Å². The van der Waals surface area contributed by atoms with Gasteiger partial charge in [0.15, 0.2) is 0 Å². The van der Waals surface area contributed by atoms with Crippen LogP contribution < -0.4 is 25.3 Å². The molecular formula is C30H34N2O4. The zero-order chi connectivity index (χ0) is 25.9. The molecule has 0 aliphatic heterocycles. The molecule has 0 radical (unpaired) electrons. The van der Waals surface area contributed by atoms with Crippen molar-refractivity contribution in [3.63, 3.8) is 0 Å². The molecule has 1 atom stereocenters. The van der Waals surface area contributed by atoms with Crippen molar-refractivity contribution in [2.45, 2.75) is 32.9 Å². The topological polar surface area (TPSA) is 82.8 Å². The molecule has 0 saturated heterocycles. The van der Waals surface area contributed by atoms with Crippen molar-refractivity contribution in [3.05, 3.63) is 77.4 Å². The van der Waals surface area contributed by atoms with Crippen molar-refractivity contribution in [1.82, 2.24) is 5.32 Å². The summed E-state index contributed by atoms with van der Waals surface area (Å²) in [5.74, 6) is 3.75. The van der Waals surface area contributed by atoms with E-state index < -0.39 is 0 Å². The lowest BCUT2D eigenvalue weighted by Crippen LogP contribution is -2.27. The summed E-state index contributed by atoms with van der Waals surface area (Å²) in [5.41, 5.74) is 10.9. The number of ether oxygens (including phenoxy) is 3. The van der Waals surface area contributed by atoms with Crippen LogP contribution in [-0.4, -0.2) is 26.7 Å². The Morgan fingerprint density at radius 2 is 1.75 bits per heavy atom. The molecule has 0 aliphatic carbocycles. The van der Waals surface area contributed by atoms with Gasteiger partial charge in [-0.05, 0) is 42.1 Å². The quantitative estimate of drug-likeness (QED) is 0.266. The van der Waals surface area contributed by atoms with Crippen molar-refractivity contribution < 1.29 is 19.0 Å². The first kappa shape index (κ1) is 26.7. The summed E-state index contributed by atoms with van der Waals surface area (Å²) in [7, 11) is 3.23. The molecule has 0 spiro atoms. The number of amides is 1. The van der Waals surface area contributed by atoms with Crippen LogP contribution in [0.4, 0.5) is 0 Å². The highest BCUT2D eigenvalue weighted by Gasteiger charge is 2.16. The lowest BCUT2D eigenvalue weighted by atomic mass is 9.97. The second-order valence-corrected chi connectivity index (χ2v) is 8.52. The van der Waals surface area contributed by atoms with E-state index in [4.69, 9.17) is 26.4 Å². The Labute approximate surface area is 213 Å². The molecule has 188 valence electrons. The Morgan fingerprint density at radius 1 is 1.06 bits per heavy atom. The molecule has 3 aromatic carbocycles. The average molecular weight is 487 g/mol. The van der Waals surface area contributed by atoms with Crippen molar-refractivity contribution >= 4 is 5.91 Å². The van der Waals surface area contributed by atoms with Gasteiger partial charge in [-0.2, -0.15) is 0 Å². The summed E-state index contributed by atoms with van der Waals surface area (Å²) in [6.45, 7) is 3.60. The first-order valence-corrected chi connectivity index (χ1v) is 11.9. The van der Waals surface area contributed by atoms with Crippen LogP contribution in [0.25, 0.3) is 11.1 Å². The van der Waals surface area contributed by atoms with Gasteiger partial charge in [-0.1, -0.05) is 48.5 Å². The minimum Gasteiger partial charge on any atom is -0.496 e. The molecule has 0 fully saturated rings. The fourth-order valence-corrected chi connectivity index (χ4v) is 4.13. The molecule has 6 nitrogen and oxygen atoms in total. The Bertz CT molecular complexity index is 1180. The third-order valence-electron chi connectivity index (χ3n) is 6.24. The van der Waals surface area contributed by atoms with Crippen LogP contribution in [0.2, 0.25) is 0 Å². The molecular weight excluding hydrogens is 452 g/mol. The Morgan fingerprint density at radius 3 is 2.36 bits per heavy atom. The third-order valence-corrected chi connectivity index (χ3v) is 6.24. The second-order valence-electron chi connectivity index (χ2n) is 8.52. The van der Waals surface area contributed by atoms with E-state index in [1.54, 1.807) is 14.2 Å². The van der Waals surface area contributed by atoms with Crippen molar-refractivity contribution in [3.8, 4) is 40.7 Å². The molecule has 0 bridgehead atoms. The lowest BCUT2D eigenvalue weighted by Gasteiger charge is -2.18. The fraction of sp³-hybridized carbons (Fsp3) is 0.300. The van der Waals surface area contributed by atoms with Gasteiger partial charge in [-0.25, -0.2) is 0 Å². The highest BCUT2D eigenvalue weighted by molar-refractivity contribution is 5.76. The number of rotatable bonds is 13. The van der Waals surface area contributed by atoms with Gasteiger partial charge in [-0.3, -0.25) is 4.79 Å². The smallest absolute Gasteiger partial charge is 0.221 e. The summed E-state index contributed by atoms with van der Waals surface area (Å²) in [5, 5.41) is 3.32. The third kappa shape index (κ3) is 6.80. The van der Waals surface area contributed by atoms with E-state index in [1.165, 1.54) is 16.7 Å². The zero-order valence-electron chi connectivity index (χ0n) is 21.2. The van der Waals surface area contributed by atoms with Gasteiger partial charge >= 0.3 is 0 Å². The maximum Gasteiger partial charge on any atom is 0.221 e. The minimum absolute atomic E-state index is 0.337. The minimum atomic E-state index is -0.379.